The number of dihydropyridines is 1. The van der Waals surface area contributed by atoms with Crippen molar-refractivity contribution in [3.05, 3.63) is 46.0 Å². The summed E-state index contributed by atoms with van der Waals surface area (Å²) < 4.78 is 0.833. The van der Waals surface area contributed by atoms with Crippen LogP contribution in [0.4, 0.5) is 5.95 Å². The Balaban J connectivity index is 1.97. The molecule has 5 nitrogen and oxygen atoms in total. The van der Waals surface area contributed by atoms with Gasteiger partial charge >= 0.3 is 0 Å². The molecule has 0 spiro atoms. The van der Waals surface area contributed by atoms with Gasteiger partial charge in [-0.1, -0.05) is 12.8 Å². The molecule has 1 aliphatic carbocycles. The van der Waals surface area contributed by atoms with Crippen LogP contribution in [0.25, 0.3) is 5.57 Å². The normalized spacial score (nSPS) is 19.8. The molecule has 2 aliphatic rings. The van der Waals surface area contributed by atoms with Crippen LogP contribution >= 0.6 is 15.9 Å². The molecule has 118 valence electrons. The summed E-state index contributed by atoms with van der Waals surface area (Å²) in [5, 5.41) is 16.2. The first-order valence-electron chi connectivity index (χ1n) is 7.73. The Labute approximate surface area is 144 Å². The number of nitrogens with zero attached hydrogens (tertiary/aromatic N) is 3. The van der Waals surface area contributed by atoms with Crippen molar-refractivity contribution in [2.75, 3.05) is 5.32 Å². The van der Waals surface area contributed by atoms with E-state index in [-0.39, 0.29) is 0 Å². The number of halogens is 1. The van der Waals surface area contributed by atoms with E-state index in [1.807, 2.05) is 19.1 Å². The molecule has 1 saturated carbocycles. The Morgan fingerprint density at radius 3 is 2.91 bits per heavy atom. The summed E-state index contributed by atoms with van der Waals surface area (Å²) in [6.07, 6.45) is 12.1. The van der Waals surface area contributed by atoms with Crippen LogP contribution < -0.4 is 10.6 Å². The highest BCUT2D eigenvalue weighted by Gasteiger charge is 2.19. The van der Waals surface area contributed by atoms with E-state index in [1.54, 1.807) is 12.4 Å². The van der Waals surface area contributed by atoms with Crippen molar-refractivity contribution in [3.8, 4) is 6.07 Å². The summed E-state index contributed by atoms with van der Waals surface area (Å²) in [7, 11) is 0. The van der Waals surface area contributed by atoms with E-state index in [2.05, 4.69) is 42.6 Å². The highest BCUT2D eigenvalue weighted by molar-refractivity contribution is 9.12. The quantitative estimate of drug-likeness (QED) is 0.791. The third-order valence-corrected chi connectivity index (χ3v) is 4.72. The molecular formula is C17H18BrN5. The van der Waals surface area contributed by atoms with Gasteiger partial charge in [0.1, 0.15) is 11.6 Å². The van der Waals surface area contributed by atoms with E-state index in [0.717, 1.165) is 28.6 Å². The third kappa shape index (κ3) is 3.45. The third-order valence-electron chi connectivity index (χ3n) is 4.06. The Kier molecular flexibility index (Phi) is 4.77. The summed E-state index contributed by atoms with van der Waals surface area (Å²) in [4.78, 5) is 8.97. The fraction of sp³-hybridized carbons (Fsp3) is 0.353. The van der Waals surface area contributed by atoms with Gasteiger partial charge in [0.2, 0.25) is 5.95 Å². The van der Waals surface area contributed by atoms with Gasteiger partial charge in [0.05, 0.1) is 11.4 Å². The Hall–Kier alpha value is -2.13. The number of hydrogen-bond acceptors (Lipinski definition) is 5. The molecule has 3 rings (SSSR count). The highest BCUT2D eigenvalue weighted by atomic mass is 79.9. The summed E-state index contributed by atoms with van der Waals surface area (Å²) in [6, 6.07) is 2.71. The number of hydrogen-bond donors (Lipinski definition) is 2. The van der Waals surface area contributed by atoms with Gasteiger partial charge < -0.3 is 10.6 Å². The number of nitriles is 1. The second kappa shape index (κ2) is 6.97. The molecular weight excluding hydrogens is 354 g/mol. The Bertz CT molecular complexity index is 736. The monoisotopic (exact) mass is 371 g/mol. The predicted octanol–water partition coefficient (Wildman–Crippen LogP) is 3.77. The minimum Gasteiger partial charge on any atom is -0.360 e. The van der Waals surface area contributed by atoms with Gasteiger partial charge in [-0.3, -0.25) is 0 Å². The molecule has 0 bridgehead atoms. The van der Waals surface area contributed by atoms with Crippen molar-refractivity contribution >= 4 is 27.5 Å². The predicted molar refractivity (Wildman–Crippen MR) is 94.5 cm³/mol. The van der Waals surface area contributed by atoms with E-state index in [4.69, 9.17) is 0 Å². The molecule has 0 radical (unpaired) electrons. The van der Waals surface area contributed by atoms with Crippen LogP contribution in [-0.2, 0) is 0 Å². The molecule has 1 aliphatic heterocycles. The van der Waals surface area contributed by atoms with Crippen LogP contribution in [-0.4, -0.2) is 16.0 Å². The second-order valence-corrected chi connectivity index (χ2v) is 6.59. The van der Waals surface area contributed by atoms with Crippen molar-refractivity contribution in [2.45, 2.75) is 38.6 Å². The smallest absolute Gasteiger partial charge is 0.223 e. The Morgan fingerprint density at radius 1 is 1.43 bits per heavy atom. The second-order valence-electron chi connectivity index (χ2n) is 5.73. The summed E-state index contributed by atoms with van der Waals surface area (Å²) in [5.41, 5.74) is 2.77. The molecule has 0 amide bonds. The molecule has 1 fully saturated rings. The lowest BCUT2D eigenvalue weighted by Crippen LogP contribution is -2.18. The lowest BCUT2D eigenvalue weighted by Gasteiger charge is -2.16. The van der Waals surface area contributed by atoms with E-state index >= 15 is 0 Å². The van der Waals surface area contributed by atoms with Gasteiger partial charge in [-0.2, -0.15) is 5.26 Å². The molecule has 1 aromatic rings. The zero-order valence-electron chi connectivity index (χ0n) is 12.9. The van der Waals surface area contributed by atoms with Crippen LogP contribution in [0.1, 0.15) is 36.9 Å². The SMILES string of the molecule is Cc1cnc(NC2CCCC2)nc1/C(C#N)=C1/NC=CC=C1Br. The molecule has 2 N–H and O–H groups in total. The number of anilines is 1. The standard InChI is InChI=1S/C17H18BrN5/c1-11-10-21-17(22-12-5-2-3-6-12)23-15(11)13(9-19)16-14(18)7-4-8-20-16/h4,7-8,10,12,20H,2-3,5-6H2,1H3,(H,21,22,23)/b16-13+. The molecule has 0 unspecified atom stereocenters. The van der Waals surface area contributed by atoms with Crippen molar-refractivity contribution in [1.29, 1.82) is 5.26 Å². The number of aromatic nitrogens is 2. The maximum atomic E-state index is 9.65. The van der Waals surface area contributed by atoms with Crippen molar-refractivity contribution in [3.63, 3.8) is 0 Å². The zero-order valence-corrected chi connectivity index (χ0v) is 14.5. The molecule has 0 atom stereocenters. The minimum atomic E-state index is 0.436. The molecule has 23 heavy (non-hydrogen) atoms. The van der Waals surface area contributed by atoms with Gasteiger partial charge in [0.15, 0.2) is 0 Å². The van der Waals surface area contributed by atoms with Gasteiger partial charge in [0, 0.05) is 22.9 Å². The molecule has 0 aromatic carbocycles. The lowest BCUT2D eigenvalue weighted by molar-refractivity contribution is 0.743. The minimum absolute atomic E-state index is 0.436. The average molecular weight is 372 g/mol. The summed E-state index contributed by atoms with van der Waals surface area (Å²) >= 11 is 3.49. The van der Waals surface area contributed by atoms with E-state index in [9.17, 15) is 5.26 Å². The van der Waals surface area contributed by atoms with Gasteiger partial charge in [-0.05, 0) is 53.4 Å². The maximum absolute atomic E-state index is 9.65. The van der Waals surface area contributed by atoms with E-state index in [0.29, 0.717) is 23.3 Å². The van der Waals surface area contributed by atoms with Crippen molar-refractivity contribution < 1.29 is 0 Å². The van der Waals surface area contributed by atoms with E-state index in [1.165, 1.54) is 12.8 Å². The largest absolute Gasteiger partial charge is 0.360 e. The van der Waals surface area contributed by atoms with Crippen molar-refractivity contribution in [2.24, 2.45) is 0 Å². The van der Waals surface area contributed by atoms with Crippen LogP contribution in [0.3, 0.4) is 0 Å². The maximum Gasteiger partial charge on any atom is 0.223 e. The number of rotatable bonds is 3. The van der Waals surface area contributed by atoms with Crippen LogP contribution in [0.15, 0.2) is 34.7 Å². The zero-order chi connectivity index (χ0) is 16.2. The Morgan fingerprint density at radius 2 is 2.22 bits per heavy atom. The van der Waals surface area contributed by atoms with Crippen LogP contribution in [0.2, 0.25) is 0 Å². The molecule has 1 aromatic heterocycles. The molecule has 2 heterocycles. The highest BCUT2D eigenvalue weighted by Crippen LogP contribution is 2.28. The van der Waals surface area contributed by atoms with Gasteiger partial charge in [-0.25, -0.2) is 9.97 Å². The first-order valence-corrected chi connectivity index (χ1v) is 8.52. The fourth-order valence-corrected chi connectivity index (χ4v) is 3.32. The summed E-state index contributed by atoms with van der Waals surface area (Å²) in [5.74, 6) is 0.595. The topological polar surface area (TPSA) is 73.6 Å². The summed E-state index contributed by atoms with van der Waals surface area (Å²) in [6.45, 7) is 1.92. The number of aryl methyl sites for hydroxylation is 1. The molecule has 6 heteroatoms. The first kappa shape index (κ1) is 15.8. The number of nitrogens with one attached hydrogen (secondary N) is 2. The average Bonchev–Trinajstić information content (AvgIpc) is 3.06. The van der Waals surface area contributed by atoms with Crippen LogP contribution in [0, 0.1) is 18.3 Å². The fourth-order valence-electron chi connectivity index (χ4n) is 2.85. The van der Waals surface area contributed by atoms with E-state index < -0.39 is 0 Å². The van der Waals surface area contributed by atoms with Crippen LogP contribution in [0.5, 0.6) is 0 Å². The lowest BCUT2D eigenvalue weighted by atomic mass is 10.1. The first-order chi connectivity index (χ1) is 11.2. The van der Waals surface area contributed by atoms with Crippen molar-refractivity contribution in [1.82, 2.24) is 15.3 Å². The number of allylic oxidation sites excluding steroid dienone is 4. The molecule has 0 saturated heterocycles. The van der Waals surface area contributed by atoms with Gasteiger partial charge in [0.25, 0.3) is 0 Å². The van der Waals surface area contributed by atoms with Gasteiger partial charge in [-0.15, -0.1) is 0 Å².